The quantitative estimate of drug-likeness (QED) is 0.734. The van der Waals surface area contributed by atoms with E-state index in [1.807, 2.05) is 6.92 Å². The first-order chi connectivity index (χ1) is 14.6. The molecule has 1 N–H and O–H groups in total. The number of likely N-dealkylation sites (tertiary alicyclic amines) is 1. The molecule has 3 aliphatic heterocycles. The van der Waals surface area contributed by atoms with Gasteiger partial charge in [0.1, 0.15) is 0 Å². The Hall–Kier alpha value is -1.76. The van der Waals surface area contributed by atoms with Gasteiger partial charge in [-0.1, -0.05) is 0 Å². The Morgan fingerprint density at radius 3 is 2.65 bits per heavy atom. The molecule has 3 saturated heterocycles. The summed E-state index contributed by atoms with van der Waals surface area (Å²) in [6, 6.07) is 0.415. The number of fused-ring (bicyclic) bond motifs is 1. The van der Waals surface area contributed by atoms with E-state index in [4.69, 9.17) is 19.5 Å². The maximum Gasteiger partial charge on any atom is 0.490 e. The van der Waals surface area contributed by atoms with Gasteiger partial charge < -0.3 is 9.84 Å². The molecule has 0 radical (unpaired) electrons. The van der Waals surface area contributed by atoms with Crippen molar-refractivity contribution in [2.24, 2.45) is 5.92 Å². The standard InChI is InChI=1S/C17H25N3O3S.C2HF3O2/c1-12-18-14(11-24-12)10-19-9-13(8-16-15(19)4-7-22-16)17(21)20-5-2-3-6-23-20;3-2(4,5)1(6)7/h11,13,15-16H,2-10H2,1H3;(H,6,7)/t13-,15+,16+;/m0./s1. The lowest BCUT2D eigenvalue weighted by Gasteiger charge is -2.41. The maximum absolute atomic E-state index is 12.8. The van der Waals surface area contributed by atoms with Crippen LogP contribution in [0.25, 0.3) is 0 Å². The van der Waals surface area contributed by atoms with Crippen molar-refractivity contribution in [3.63, 3.8) is 0 Å². The molecule has 1 aromatic heterocycles. The van der Waals surface area contributed by atoms with E-state index in [1.54, 1.807) is 16.4 Å². The van der Waals surface area contributed by atoms with Gasteiger partial charge in [0.15, 0.2) is 0 Å². The highest BCUT2D eigenvalue weighted by Gasteiger charge is 2.43. The molecular formula is C19H26F3N3O5S. The van der Waals surface area contributed by atoms with E-state index < -0.39 is 12.1 Å². The number of aliphatic carboxylic acids is 1. The third-order valence-corrected chi connectivity index (χ3v) is 6.31. The third kappa shape index (κ3) is 6.37. The highest BCUT2D eigenvalue weighted by molar-refractivity contribution is 7.09. The molecule has 8 nitrogen and oxygen atoms in total. The monoisotopic (exact) mass is 465 g/mol. The number of piperidine rings is 1. The molecule has 0 bridgehead atoms. The summed E-state index contributed by atoms with van der Waals surface area (Å²) in [5, 5.41) is 11.9. The summed E-state index contributed by atoms with van der Waals surface area (Å²) >= 11 is 1.68. The van der Waals surface area contributed by atoms with Gasteiger partial charge in [-0.05, 0) is 32.6 Å². The molecule has 3 atom stereocenters. The minimum atomic E-state index is -5.08. The van der Waals surface area contributed by atoms with Gasteiger partial charge in [-0.3, -0.25) is 14.5 Å². The maximum atomic E-state index is 12.8. The summed E-state index contributed by atoms with van der Waals surface area (Å²) < 4.78 is 37.7. The molecular weight excluding hydrogens is 439 g/mol. The second kappa shape index (κ2) is 10.2. The number of hydrogen-bond acceptors (Lipinski definition) is 7. The first-order valence-corrected chi connectivity index (χ1v) is 11.0. The number of rotatable bonds is 3. The van der Waals surface area contributed by atoms with E-state index in [-0.39, 0.29) is 17.9 Å². The van der Waals surface area contributed by atoms with Crippen molar-refractivity contribution in [3.8, 4) is 0 Å². The summed E-state index contributed by atoms with van der Waals surface area (Å²) in [5.74, 6) is -2.67. The molecule has 1 aromatic rings. The number of aromatic nitrogens is 1. The van der Waals surface area contributed by atoms with Crippen LogP contribution in [0.2, 0.25) is 0 Å². The minimum absolute atomic E-state index is 0.0396. The topological polar surface area (TPSA) is 92.2 Å². The summed E-state index contributed by atoms with van der Waals surface area (Å²) in [6.07, 6.45) is -0.983. The summed E-state index contributed by atoms with van der Waals surface area (Å²) in [5.41, 5.74) is 1.10. The number of carboxylic acids is 1. The average molecular weight is 465 g/mol. The fourth-order valence-corrected chi connectivity index (χ4v) is 4.68. The number of amides is 1. The Bertz CT molecular complexity index is 769. The van der Waals surface area contributed by atoms with Crippen molar-refractivity contribution in [2.75, 3.05) is 26.3 Å². The summed E-state index contributed by atoms with van der Waals surface area (Å²) in [4.78, 5) is 34.3. The van der Waals surface area contributed by atoms with Gasteiger partial charge in [0.05, 0.1) is 29.3 Å². The lowest BCUT2D eigenvalue weighted by Crippen LogP contribution is -2.53. The largest absolute Gasteiger partial charge is 0.490 e. The predicted molar refractivity (Wildman–Crippen MR) is 104 cm³/mol. The van der Waals surface area contributed by atoms with Crippen LogP contribution in [0.3, 0.4) is 0 Å². The molecule has 4 rings (SSSR count). The molecule has 12 heteroatoms. The number of ether oxygens (including phenoxy) is 1. The Morgan fingerprint density at radius 1 is 1.32 bits per heavy atom. The van der Waals surface area contributed by atoms with E-state index in [2.05, 4.69) is 15.3 Å². The molecule has 0 saturated carbocycles. The number of halogens is 3. The number of carbonyl (C=O) groups is 2. The first-order valence-electron chi connectivity index (χ1n) is 10.2. The zero-order chi connectivity index (χ0) is 22.6. The summed E-state index contributed by atoms with van der Waals surface area (Å²) in [6.45, 7) is 5.78. The highest BCUT2D eigenvalue weighted by atomic mass is 32.1. The second-order valence-corrected chi connectivity index (χ2v) is 8.83. The first kappa shape index (κ1) is 23.9. The molecule has 0 aromatic carbocycles. The lowest BCUT2D eigenvalue weighted by molar-refractivity contribution is -0.204. The van der Waals surface area contributed by atoms with Gasteiger partial charge in [-0.15, -0.1) is 11.3 Å². The van der Waals surface area contributed by atoms with Gasteiger partial charge in [0, 0.05) is 37.7 Å². The molecule has 0 aliphatic carbocycles. The molecule has 174 valence electrons. The van der Waals surface area contributed by atoms with Crippen molar-refractivity contribution < 1.29 is 37.4 Å². The highest BCUT2D eigenvalue weighted by Crippen LogP contribution is 2.33. The molecule has 4 heterocycles. The molecule has 0 spiro atoms. The third-order valence-electron chi connectivity index (χ3n) is 5.49. The van der Waals surface area contributed by atoms with Gasteiger partial charge >= 0.3 is 12.1 Å². The van der Waals surface area contributed by atoms with E-state index >= 15 is 0 Å². The van der Waals surface area contributed by atoms with Gasteiger partial charge in [0.25, 0.3) is 5.91 Å². The van der Waals surface area contributed by atoms with Crippen molar-refractivity contribution >= 4 is 23.2 Å². The number of carboxylic acid groups (broad SMARTS) is 1. The predicted octanol–water partition coefficient (Wildman–Crippen LogP) is 2.62. The molecule has 1 amide bonds. The Labute approximate surface area is 181 Å². The number of hydrogen-bond donors (Lipinski definition) is 1. The van der Waals surface area contributed by atoms with Crippen molar-refractivity contribution in [3.05, 3.63) is 16.1 Å². The second-order valence-electron chi connectivity index (χ2n) is 7.77. The Balaban J connectivity index is 0.000000339. The van der Waals surface area contributed by atoms with E-state index in [0.29, 0.717) is 12.6 Å². The average Bonchev–Trinajstić information content (AvgIpc) is 3.36. The van der Waals surface area contributed by atoms with E-state index in [0.717, 1.165) is 62.6 Å². The Morgan fingerprint density at radius 2 is 2.06 bits per heavy atom. The fourth-order valence-electron chi connectivity index (χ4n) is 4.08. The Kier molecular flexibility index (Phi) is 7.89. The smallest absolute Gasteiger partial charge is 0.475 e. The van der Waals surface area contributed by atoms with Crippen LogP contribution < -0.4 is 0 Å². The van der Waals surface area contributed by atoms with Crippen LogP contribution in [-0.2, 0) is 25.7 Å². The molecule has 3 aliphatic rings. The zero-order valence-electron chi connectivity index (χ0n) is 17.1. The van der Waals surface area contributed by atoms with Gasteiger partial charge in [-0.25, -0.2) is 14.8 Å². The van der Waals surface area contributed by atoms with Crippen molar-refractivity contribution in [1.82, 2.24) is 14.9 Å². The molecule has 31 heavy (non-hydrogen) atoms. The van der Waals surface area contributed by atoms with Crippen LogP contribution in [0.15, 0.2) is 5.38 Å². The number of aryl methyl sites for hydroxylation is 1. The molecule has 3 fully saturated rings. The van der Waals surface area contributed by atoms with Gasteiger partial charge in [0.2, 0.25) is 0 Å². The van der Waals surface area contributed by atoms with E-state index in [9.17, 15) is 18.0 Å². The lowest BCUT2D eigenvalue weighted by atomic mass is 9.89. The number of alkyl halides is 3. The van der Waals surface area contributed by atoms with Crippen LogP contribution in [-0.4, -0.2) is 76.6 Å². The van der Waals surface area contributed by atoms with Crippen molar-refractivity contribution in [1.29, 1.82) is 0 Å². The molecule has 0 unspecified atom stereocenters. The number of thiazole rings is 1. The number of carbonyl (C=O) groups excluding carboxylic acids is 1. The van der Waals surface area contributed by atoms with Gasteiger partial charge in [-0.2, -0.15) is 13.2 Å². The van der Waals surface area contributed by atoms with Crippen LogP contribution in [0.1, 0.15) is 36.4 Å². The minimum Gasteiger partial charge on any atom is -0.475 e. The summed E-state index contributed by atoms with van der Waals surface area (Å²) in [7, 11) is 0. The van der Waals surface area contributed by atoms with Crippen LogP contribution >= 0.6 is 11.3 Å². The van der Waals surface area contributed by atoms with Crippen LogP contribution in [0.4, 0.5) is 13.2 Å². The number of hydroxylamine groups is 2. The van der Waals surface area contributed by atoms with Crippen LogP contribution in [0, 0.1) is 12.8 Å². The van der Waals surface area contributed by atoms with Crippen molar-refractivity contribution in [2.45, 2.75) is 57.5 Å². The van der Waals surface area contributed by atoms with E-state index in [1.165, 1.54) is 0 Å². The fraction of sp³-hybridized carbons (Fsp3) is 0.737. The number of nitrogens with zero attached hydrogens (tertiary/aromatic N) is 3. The zero-order valence-corrected chi connectivity index (χ0v) is 18.0. The SMILES string of the molecule is Cc1nc(CN2C[C@@H](C(=O)N3CCCCO3)C[C@H]3OCC[C@H]32)cs1.O=C(O)C(F)(F)F. The van der Waals surface area contributed by atoms with Crippen LogP contribution in [0.5, 0.6) is 0 Å². The normalized spacial score (nSPS) is 26.7.